The van der Waals surface area contributed by atoms with Crippen molar-refractivity contribution in [2.75, 3.05) is 19.7 Å². The van der Waals surface area contributed by atoms with Crippen LogP contribution >= 0.6 is 15.9 Å². The van der Waals surface area contributed by atoms with Gasteiger partial charge in [0, 0.05) is 0 Å². The van der Waals surface area contributed by atoms with Gasteiger partial charge in [-0.2, -0.15) is 0 Å². The van der Waals surface area contributed by atoms with Gasteiger partial charge in [-0.05, 0) is 78.3 Å². The molecular formula is C16H22BrNO. The third kappa shape index (κ3) is 4.36. The lowest BCUT2D eigenvalue weighted by Gasteiger charge is -2.23. The quantitative estimate of drug-likeness (QED) is 0.828. The molecule has 0 aliphatic carbocycles. The Hall–Kier alpha value is -0.800. The summed E-state index contributed by atoms with van der Waals surface area (Å²) in [6.07, 6.45) is 3.67. The molecule has 1 N–H and O–H groups in total. The van der Waals surface area contributed by atoms with Gasteiger partial charge in [-0.1, -0.05) is 18.7 Å². The van der Waals surface area contributed by atoms with E-state index in [-0.39, 0.29) is 0 Å². The van der Waals surface area contributed by atoms with Gasteiger partial charge in [0.1, 0.15) is 12.4 Å². The van der Waals surface area contributed by atoms with E-state index in [1.54, 1.807) is 0 Å². The summed E-state index contributed by atoms with van der Waals surface area (Å²) in [6, 6.07) is 6.29. The Bertz CT molecular complexity index is 438. The Morgan fingerprint density at radius 1 is 1.42 bits per heavy atom. The molecule has 1 aromatic carbocycles. The van der Waals surface area contributed by atoms with Gasteiger partial charge in [-0.3, -0.25) is 0 Å². The largest absolute Gasteiger partial charge is 0.488 e. The minimum absolute atomic E-state index is 0.579. The van der Waals surface area contributed by atoms with Crippen LogP contribution in [0.15, 0.2) is 34.8 Å². The maximum absolute atomic E-state index is 5.77. The van der Waals surface area contributed by atoms with Crippen molar-refractivity contribution in [3.8, 4) is 5.75 Å². The van der Waals surface area contributed by atoms with Crippen LogP contribution in [0.2, 0.25) is 0 Å². The highest BCUT2D eigenvalue weighted by Crippen LogP contribution is 2.31. The third-order valence-corrected chi connectivity index (χ3v) is 4.38. The monoisotopic (exact) mass is 323 g/mol. The molecule has 1 aromatic rings. The van der Waals surface area contributed by atoms with Gasteiger partial charge >= 0.3 is 0 Å². The van der Waals surface area contributed by atoms with Crippen molar-refractivity contribution in [1.82, 2.24) is 5.32 Å². The van der Waals surface area contributed by atoms with E-state index in [2.05, 4.69) is 40.0 Å². The fourth-order valence-corrected chi connectivity index (χ4v) is 2.96. The first-order valence-electron chi connectivity index (χ1n) is 6.92. The summed E-state index contributed by atoms with van der Waals surface area (Å²) in [7, 11) is 0. The lowest BCUT2D eigenvalue weighted by Crippen LogP contribution is -2.28. The maximum Gasteiger partial charge on any atom is 0.134 e. The molecule has 0 spiro atoms. The highest BCUT2D eigenvalue weighted by Gasteiger charge is 2.16. The molecule has 0 bridgehead atoms. The van der Waals surface area contributed by atoms with Crippen molar-refractivity contribution in [1.29, 1.82) is 0 Å². The SMILES string of the molecule is C=C(C)COc1cccc(CC2CCNCC2)c1Br. The van der Waals surface area contributed by atoms with Crippen LogP contribution in [-0.2, 0) is 6.42 Å². The van der Waals surface area contributed by atoms with E-state index in [1.165, 1.54) is 18.4 Å². The molecule has 104 valence electrons. The van der Waals surface area contributed by atoms with Crippen molar-refractivity contribution in [3.63, 3.8) is 0 Å². The normalized spacial score (nSPS) is 16.3. The van der Waals surface area contributed by atoms with Crippen LogP contribution in [0.1, 0.15) is 25.3 Å². The lowest BCUT2D eigenvalue weighted by atomic mass is 9.91. The third-order valence-electron chi connectivity index (χ3n) is 3.48. The highest BCUT2D eigenvalue weighted by atomic mass is 79.9. The van der Waals surface area contributed by atoms with E-state index in [4.69, 9.17) is 4.74 Å². The maximum atomic E-state index is 5.77. The molecule has 1 aliphatic heterocycles. The summed E-state index contributed by atoms with van der Waals surface area (Å²) in [5, 5.41) is 3.41. The Morgan fingerprint density at radius 2 is 2.16 bits per heavy atom. The first-order valence-corrected chi connectivity index (χ1v) is 7.71. The molecule has 0 unspecified atom stereocenters. The number of piperidine rings is 1. The summed E-state index contributed by atoms with van der Waals surface area (Å²) in [4.78, 5) is 0. The molecule has 1 saturated heterocycles. The van der Waals surface area contributed by atoms with Gasteiger partial charge in [0.05, 0.1) is 4.47 Å². The molecule has 0 aromatic heterocycles. The number of benzene rings is 1. The Balaban J connectivity index is 2.03. The van der Waals surface area contributed by atoms with Gasteiger partial charge < -0.3 is 10.1 Å². The van der Waals surface area contributed by atoms with Gasteiger partial charge in [-0.15, -0.1) is 0 Å². The minimum Gasteiger partial charge on any atom is -0.488 e. The number of nitrogens with one attached hydrogen (secondary N) is 1. The number of ether oxygens (including phenoxy) is 1. The molecule has 0 saturated carbocycles. The van der Waals surface area contributed by atoms with E-state index in [1.807, 2.05) is 13.0 Å². The highest BCUT2D eigenvalue weighted by molar-refractivity contribution is 9.10. The zero-order chi connectivity index (χ0) is 13.7. The van der Waals surface area contributed by atoms with E-state index in [9.17, 15) is 0 Å². The summed E-state index contributed by atoms with van der Waals surface area (Å²) >= 11 is 3.69. The van der Waals surface area contributed by atoms with E-state index in [0.29, 0.717) is 6.61 Å². The standard InChI is InChI=1S/C16H22BrNO/c1-12(2)11-19-15-5-3-4-14(16(15)17)10-13-6-8-18-9-7-13/h3-5,13,18H,1,6-11H2,2H3. The topological polar surface area (TPSA) is 21.3 Å². The van der Waals surface area contributed by atoms with Crippen LogP contribution in [0.25, 0.3) is 0 Å². The van der Waals surface area contributed by atoms with Crippen LogP contribution in [0.3, 0.4) is 0 Å². The first kappa shape index (κ1) is 14.6. The summed E-state index contributed by atoms with van der Waals surface area (Å²) in [6.45, 7) is 8.72. The zero-order valence-electron chi connectivity index (χ0n) is 11.5. The van der Waals surface area contributed by atoms with Crippen LogP contribution in [0.5, 0.6) is 5.75 Å². The Labute approximate surface area is 124 Å². The first-order chi connectivity index (χ1) is 9.16. The molecular weight excluding hydrogens is 302 g/mol. The predicted molar refractivity (Wildman–Crippen MR) is 83.7 cm³/mol. The van der Waals surface area contributed by atoms with Crippen molar-refractivity contribution >= 4 is 15.9 Å². The molecule has 0 radical (unpaired) electrons. The van der Waals surface area contributed by atoms with Gasteiger partial charge in [-0.25, -0.2) is 0 Å². The molecule has 1 fully saturated rings. The average Bonchev–Trinajstić information content (AvgIpc) is 2.41. The zero-order valence-corrected chi connectivity index (χ0v) is 13.1. The molecule has 2 nitrogen and oxygen atoms in total. The second kappa shape index (κ2) is 7.11. The van der Waals surface area contributed by atoms with Gasteiger partial charge in [0.2, 0.25) is 0 Å². The minimum atomic E-state index is 0.579. The second-order valence-corrected chi connectivity index (χ2v) is 6.17. The van der Waals surface area contributed by atoms with Crippen LogP contribution in [0.4, 0.5) is 0 Å². The molecule has 0 atom stereocenters. The second-order valence-electron chi connectivity index (χ2n) is 5.37. The number of halogens is 1. The van der Waals surface area contributed by atoms with Crippen molar-refractivity contribution < 1.29 is 4.74 Å². The Morgan fingerprint density at radius 3 is 2.84 bits per heavy atom. The van der Waals surface area contributed by atoms with Crippen molar-refractivity contribution in [3.05, 3.63) is 40.4 Å². The molecule has 3 heteroatoms. The molecule has 1 aliphatic rings. The van der Waals surface area contributed by atoms with Crippen LogP contribution in [0, 0.1) is 5.92 Å². The van der Waals surface area contributed by atoms with Gasteiger partial charge in [0.25, 0.3) is 0 Å². The van der Waals surface area contributed by atoms with E-state index < -0.39 is 0 Å². The Kier molecular flexibility index (Phi) is 5.46. The number of hydrogen-bond donors (Lipinski definition) is 1. The molecule has 19 heavy (non-hydrogen) atoms. The fraction of sp³-hybridized carbons (Fsp3) is 0.500. The lowest BCUT2D eigenvalue weighted by molar-refractivity contribution is 0.347. The van der Waals surface area contributed by atoms with E-state index in [0.717, 1.165) is 41.2 Å². The molecule has 0 amide bonds. The number of hydrogen-bond acceptors (Lipinski definition) is 2. The average molecular weight is 324 g/mol. The van der Waals surface area contributed by atoms with Crippen molar-refractivity contribution in [2.24, 2.45) is 5.92 Å². The molecule has 1 heterocycles. The van der Waals surface area contributed by atoms with Gasteiger partial charge in [0.15, 0.2) is 0 Å². The number of rotatable bonds is 5. The molecule has 2 rings (SSSR count). The van der Waals surface area contributed by atoms with Crippen LogP contribution < -0.4 is 10.1 Å². The summed E-state index contributed by atoms with van der Waals surface area (Å²) in [5.41, 5.74) is 2.39. The predicted octanol–water partition coefficient (Wildman–Crippen LogP) is 3.95. The van der Waals surface area contributed by atoms with Crippen molar-refractivity contribution in [2.45, 2.75) is 26.2 Å². The van der Waals surface area contributed by atoms with Crippen LogP contribution in [-0.4, -0.2) is 19.7 Å². The fourth-order valence-electron chi connectivity index (χ4n) is 2.42. The summed E-state index contributed by atoms with van der Waals surface area (Å²) < 4.78 is 6.88. The smallest absolute Gasteiger partial charge is 0.134 e. The van der Waals surface area contributed by atoms with E-state index >= 15 is 0 Å². The summed E-state index contributed by atoms with van der Waals surface area (Å²) in [5.74, 6) is 1.71.